The molecule has 0 radical (unpaired) electrons. The number of nitrogens with one attached hydrogen (secondary N) is 1. The highest BCUT2D eigenvalue weighted by Gasteiger charge is 2.19. The number of benzene rings is 2. The molecular weight excluding hydrogens is 332 g/mol. The van der Waals surface area contributed by atoms with Crippen LogP contribution < -0.4 is 5.43 Å². The first-order valence-electron chi connectivity index (χ1n) is 6.86. The van der Waals surface area contributed by atoms with Gasteiger partial charge in [0.05, 0.1) is 27.2 Å². The normalized spacial score (nSPS) is 11.0. The van der Waals surface area contributed by atoms with Crippen LogP contribution in [-0.2, 0) is 0 Å². The van der Waals surface area contributed by atoms with Gasteiger partial charge >= 0.3 is 0 Å². The van der Waals surface area contributed by atoms with E-state index in [0.717, 1.165) is 18.2 Å². The Morgan fingerprint density at radius 2 is 1.52 bits per heavy atom. The number of nitro benzene ring substituents is 2. The van der Waals surface area contributed by atoms with Crippen molar-refractivity contribution in [2.45, 2.75) is 6.92 Å². The van der Waals surface area contributed by atoms with Crippen LogP contribution in [0.4, 0.5) is 11.4 Å². The molecule has 0 aromatic heterocycles. The molecule has 0 aliphatic rings. The molecule has 0 saturated carbocycles. The van der Waals surface area contributed by atoms with Crippen molar-refractivity contribution < 1.29 is 19.7 Å². The lowest BCUT2D eigenvalue weighted by Gasteiger charge is -2.04. The molecule has 2 N–H and O–H groups in total. The number of hydrogen-bond donors (Lipinski definition) is 2. The lowest BCUT2D eigenvalue weighted by Crippen LogP contribution is -2.19. The number of carbonyl (C=O) groups excluding carboxylic acids is 1. The van der Waals surface area contributed by atoms with Crippen LogP contribution in [0.2, 0.25) is 0 Å². The van der Waals surface area contributed by atoms with Crippen LogP contribution in [0.25, 0.3) is 0 Å². The molecule has 0 atom stereocenters. The van der Waals surface area contributed by atoms with Gasteiger partial charge in [0.15, 0.2) is 0 Å². The fraction of sp³-hybridized carbons (Fsp3) is 0.0667. The molecule has 0 unspecified atom stereocenters. The Morgan fingerprint density at radius 3 is 2.00 bits per heavy atom. The summed E-state index contributed by atoms with van der Waals surface area (Å²) in [5.74, 6) is -0.755. The molecule has 2 rings (SSSR count). The standard InChI is InChI=1S/C15H12N4O6/c1-9(10-2-4-14(20)5-3-10)16-17-15(21)11-6-12(18(22)23)8-13(7-11)19(24)25/h2-8,20H,1H3,(H,17,21)/b16-9+. The number of hydrazone groups is 1. The van der Waals surface area contributed by atoms with Crippen LogP contribution in [0.3, 0.4) is 0 Å². The van der Waals surface area contributed by atoms with Crippen molar-refractivity contribution in [3.63, 3.8) is 0 Å². The maximum absolute atomic E-state index is 12.1. The third kappa shape index (κ3) is 4.34. The zero-order valence-corrected chi connectivity index (χ0v) is 12.9. The van der Waals surface area contributed by atoms with Crippen molar-refractivity contribution in [1.82, 2.24) is 5.43 Å². The summed E-state index contributed by atoms with van der Waals surface area (Å²) in [6.07, 6.45) is 0. The number of amides is 1. The van der Waals surface area contributed by atoms with Crippen LogP contribution in [0.1, 0.15) is 22.8 Å². The third-order valence-corrected chi connectivity index (χ3v) is 3.20. The molecule has 0 bridgehead atoms. The highest BCUT2D eigenvalue weighted by molar-refractivity contribution is 6.01. The first-order valence-corrected chi connectivity index (χ1v) is 6.86. The molecule has 2 aromatic rings. The predicted molar refractivity (Wildman–Crippen MR) is 87.5 cm³/mol. The topological polar surface area (TPSA) is 148 Å². The van der Waals surface area contributed by atoms with Crippen LogP contribution in [0.15, 0.2) is 47.6 Å². The molecular formula is C15H12N4O6. The number of phenols is 1. The lowest BCUT2D eigenvalue weighted by atomic mass is 10.1. The fourth-order valence-corrected chi connectivity index (χ4v) is 1.90. The number of aromatic hydroxyl groups is 1. The average Bonchev–Trinajstić information content (AvgIpc) is 2.59. The van der Waals surface area contributed by atoms with E-state index in [2.05, 4.69) is 10.5 Å². The molecule has 0 fully saturated rings. The maximum Gasteiger partial charge on any atom is 0.277 e. The van der Waals surface area contributed by atoms with Gasteiger partial charge in [0, 0.05) is 12.1 Å². The van der Waals surface area contributed by atoms with Gasteiger partial charge in [-0.25, -0.2) is 5.43 Å². The van der Waals surface area contributed by atoms with Crippen LogP contribution in [0, 0.1) is 20.2 Å². The van der Waals surface area contributed by atoms with Crippen LogP contribution >= 0.6 is 0 Å². The molecule has 2 aromatic carbocycles. The highest BCUT2D eigenvalue weighted by atomic mass is 16.6. The minimum Gasteiger partial charge on any atom is -0.508 e. The van der Waals surface area contributed by atoms with Gasteiger partial charge in [0.25, 0.3) is 17.3 Å². The first-order chi connectivity index (χ1) is 11.8. The van der Waals surface area contributed by atoms with Gasteiger partial charge in [-0.05, 0) is 36.8 Å². The lowest BCUT2D eigenvalue weighted by molar-refractivity contribution is -0.394. The number of non-ortho nitro benzene ring substituents is 2. The van der Waals surface area contributed by atoms with Gasteiger partial charge in [-0.1, -0.05) is 0 Å². The van der Waals surface area contributed by atoms with E-state index < -0.39 is 27.1 Å². The number of hydrogen-bond acceptors (Lipinski definition) is 7. The second-order valence-electron chi connectivity index (χ2n) is 4.94. The minimum atomic E-state index is -0.829. The number of carbonyl (C=O) groups is 1. The predicted octanol–water partition coefficient (Wildman–Crippen LogP) is 2.36. The zero-order chi connectivity index (χ0) is 18.6. The van der Waals surface area contributed by atoms with Crippen molar-refractivity contribution in [1.29, 1.82) is 0 Å². The SMILES string of the molecule is C/C(=N\NC(=O)c1cc([N+](=O)[O-])cc([N+](=O)[O-])c1)c1ccc(O)cc1. The highest BCUT2D eigenvalue weighted by Crippen LogP contribution is 2.22. The van der Waals surface area contributed by atoms with Crippen molar-refractivity contribution in [2.75, 3.05) is 0 Å². The van der Waals surface area contributed by atoms with E-state index in [1.54, 1.807) is 19.1 Å². The van der Waals surface area contributed by atoms with Gasteiger partial charge < -0.3 is 5.11 Å². The molecule has 0 spiro atoms. The van der Waals surface area contributed by atoms with Gasteiger partial charge in [-0.2, -0.15) is 5.10 Å². The second kappa shape index (κ2) is 7.17. The van der Waals surface area contributed by atoms with E-state index in [4.69, 9.17) is 0 Å². The summed E-state index contributed by atoms with van der Waals surface area (Å²) in [6.45, 7) is 1.60. The molecule has 128 valence electrons. The molecule has 0 saturated heterocycles. The minimum absolute atomic E-state index is 0.0736. The van der Waals surface area contributed by atoms with Crippen molar-refractivity contribution in [3.8, 4) is 5.75 Å². The van der Waals surface area contributed by atoms with Gasteiger partial charge in [0.2, 0.25) is 0 Å². The molecule has 25 heavy (non-hydrogen) atoms. The number of phenolic OH excluding ortho intramolecular Hbond substituents is 1. The average molecular weight is 344 g/mol. The zero-order valence-electron chi connectivity index (χ0n) is 12.9. The quantitative estimate of drug-likeness (QED) is 0.483. The Balaban J connectivity index is 2.25. The second-order valence-corrected chi connectivity index (χ2v) is 4.94. The molecule has 0 heterocycles. The Morgan fingerprint density at radius 1 is 1.00 bits per heavy atom. The molecule has 10 heteroatoms. The Hall–Kier alpha value is -3.82. The number of rotatable bonds is 5. The van der Waals surface area contributed by atoms with E-state index in [9.17, 15) is 30.1 Å². The third-order valence-electron chi connectivity index (χ3n) is 3.20. The van der Waals surface area contributed by atoms with Crippen molar-refractivity contribution >= 4 is 23.0 Å². The van der Waals surface area contributed by atoms with Crippen LogP contribution in [-0.4, -0.2) is 26.6 Å². The maximum atomic E-state index is 12.1. The van der Waals surface area contributed by atoms with Gasteiger partial charge in [-0.3, -0.25) is 25.0 Å². The summed E-state index contributed by atoms with van der Waals surface area (Å²) in [4.78, 5) is 32.1. The Kier molecular flexibility index (Phi) is 5.03. The monoisotopic (exact) mass is 344 g/mol. The van der Waals surface area contributed by atoms with Crippen molar-refractivity contribution in [2.24, 2.45) is 5.10 Å². The molecule has 10 nitrogen and oxygen atoms in total. The Labute approximate surface area is 140 Å². The molecule has 1 amide bonds. The van der Waals surface area contributed by atoms with E-state index in [0.29, 0.717) is 11.3 Å². The number of nitro groups is 2. The summed E-state index contributed by atoms with van der Waals surface area (Å²) >= 11 is 0. The van der Waals surface area contributed by atoms with E-state index in [-0.39, 0.29) is 11.3 Å². The Bertz CT molecular complexity index is 844. The molecule has 0 aliphatic carbocycles. The van der Waals surface area contributed by atoms with Crippen LogP contribution in [0.5, 0.6) is 5.75 Å². The van der Waals surface area contributed by atoms with Gasteiger partial charge in [0.1, 0.15) is 5.75 Å². The van der Waals surface area contributed by atoms with Crippen molar-refractivity contribution in [3.05, 3.63) is 73.8 Å². The first kappa shape index (κ1) is 17.5. The summed E-state index contributed by atoms with van der Waals surface area (Å²) in [5, 5.41) is 34.7. The summed E-state index contributed by atoms with van der Waals surface area (Å²) < 4.78 is 0. The largest absolute Gasteiger partial charge is 0.508 e. The van der Waals surface area contributed by atoms with E-state index in [1.807, 2.05) is 0 Å². The van der Waals surface area contributed by atoms with E-state index in [1.165, 1.54) is 12.1 Å². The van der Waals surface area contributed by atoms with Gasteiger partial charge in [-0.15, -0.1) is 0 Å². The van der Waals surface area contributed by atoms with E-state index >= 15 is 0 Å². The number of nitrogens with zero attached hydrogens (tertiary/aromatic N) is 3. The molecule has 0 aliphatic heterocycles. The summed E-state index contributed by atoms with van der Waals surface area (Å²) in [6, 6.07) is 8.67. The fourth-order valence-electron chi connectivity index (χ4n) is 1.90. The smallest absolute Gasteiger partial charge is 0.277 e. The summed E-state index contributed by atoms with van der Waals surface area (Å²) in [5.41, 5.74) is 1.82. The summed E-state index contributed by atoms with van der Waals surface area (Å²) in [7, 11) is 0.